The van der Waals surface area contributed by atoms with E-state index in [9.17, 15) is 4.79 Å². The number of ether oxygens (including phenoxy) is 3. The number of anilines is 1. The quantitative estimate of drug-likeness (QED) is 0.525. The number of hydrogen-bond donors (Lipinski definition) is 1. The van der Waals surface area contributed by atoms with Crippen LogP contribution in [0.15, 0.2) is 18.5 Å². The van der Waals surface area contributed by atoms with Crippen molar-refractivity contribution < 1.29 is 19.0 Å². The van der Waals surface area contributed by atoms with Crippen LogP contribution in [0.4, 0.5) is 5.13 Å². The maximum atomic E-state index is 13.1. The molecule has 1 N–H and O–H groups in total. The molecule has 12 heteroatoms. The molecule has 0 spiro atoms. The molecule has 3 aromatic heterocycles. The molecule has 1 atom stereocenters. The summed E-state index contributed by atoms with van der Waals surface area (Å²) in [6.45, 7) is 2.97. The molecule has 0 aromatic carbocycles. The van der Waals surface area contributed by atoms with E-state index < -0.39 is 5.91 Å². The van der Waals surface area contributed by atoms with Crippen LogP contribution in [0.3, 0.4) is 0 Å². The van der Waals surface area contributed by atoms with Gasteiger partial charge in [-0.2, -0.15) is 0 Å². The minimum Gasteiger partial charge on any atom is -0.494 e. The number of halogens is 2. The van der Waals surface area contributed by atoms with Crippen LogP contribution in [0.1, 0.15) is 22.5 Å². The molecule has 1 aliphatic heterocycles. The summed E-state index contributed by atoms with van der Waals surface area (Å²) in [5.41, 5.74) is 1.89. The number of pyridine rings is 2. The highest BCUT2D eigenvalue weighted by molar-refractivity contribution is 7.17. The second-order valence-corrected chi connectivity index (χ2v) is 8.28. The number of hydrogen-bond acceptors (Lipinski definition) is 9. The van der Waals surface area contributed by atoms with Gasteiger partial charge in [0.2, 0.25) is 5.13 Å². The standard InChI is InChI=1S/C19H17Cl2N5O4S/c1-9-5-11(14-13(28-2)7-23-16(21)15(14)20)12(6-22-9)17(27)24-18-25-26-19(31-18)30-10-3-4-29-8-10/h5-7,10H,3-4,8H2,1-2H3,(H,24,25,27)/t10-/m1/s1. The number of rotatable bonds is 6. The van der Waals surface area contributed by atoms with E-state index in [-0.39, 0.29) is 27.0 Å². The van der Waals surface area contributed by atoms with E-state index in [4.69, 9.17) is 37.4 Å². The van der Waals surface area contributed by atoms with Gasteiger partial charge in [0.05, 0.1) is 37.1 Å². The molecule has 0 unspecified atom stereocenters. The lowest BCUT2D eigenvalue weighted by molar-refractivity contribution is 0.102. The highest BCUT2D eigenvalue weighted by atomic mass is 35.5. The molecule has 3 aromatic rings. The van der Waals surface area contributed by atoms with Crippen molar-refractivity contribution in [3.63, 3.8) is 0 Å². The molecule has 1 aliphatic rings. The number of nitrogens with one attached hydrogen (secondary N) is 1. The van der Waals surface area contributed by atoms with Crippen molar-refractivity contribution in [2.45, 2.75) is 19.4 Å². The van der Waals surface area contributed by atoms with E-state index in [1.165, 1.54) is 19.5 Å². The highest BCUT2D eigenvalue weighted by Crippen LogP contribution is 2.41. The molecule has 0 radical (unpaired) electrons. The molecule has 9 nitrogen and oxygen atoms in total. The lowest BCUT2D eigenvalue weighted by Gasteiger charge is -2.15. The van der Waals surface area contributed by atoms with Crippen molar-refractivity contribution in [3.8, 4) is 22.1 Å². The van der Waals surface area contributed by atoms with Crippen molar-refractivity contribution in [2.24, 2.45) is 0 Å². The van der Waals surface area contributed by atoms with Crippen LogP contribution in [0.5, 0.6) is 10.9 Å². The predicted molar refractivity (Wildman–Crippen MR) is 116 cm³/mol. The second-order valence-electron chi connectivity index (χ2n) is 6.61. The minimum absolute atomic E-state index is 0.0598. The van der Waals surface area contributed by atoms with E-state index in [0.29, 0.717) is 41.0 Å². The number of aryl methyl sites for hydroxylation is 1. The zero-order valence-electron chi connectivity index (χ0n) is 16.5. The number of nitrogens with zero attached hydrogens (tertiary/aromatic N) is 4. The van der Waals surface area contributed by atoms with Gasteiger partial charge in [0.25, 0.3) is 11.1 Å². The van der Waals surface area contributed by atoms with Gasteiger partial charge in [-0.1, -0.05) is 28.3 Å². The zero-order valence-corrected chi connectivity index (χ0v) is 18.8. The van der Waals surface area contributed by atoms with E-state index >= 15 is 0 Å². The maximum Gasteiger partial charge on any atom is 0.296 e. The Balaban J connectivity index is 1.63. The molecule has 1 fully saturated rings. The van der Waals surface area contributed by atoms with Crippen molar-refractivity contribution in [1.82, 2.24) is 20.2 Å². The first-order valence-electron chi connectivity index (χ1n) is 9.20. The monoisotopic (exact) mass is 481 g/mol. The minimum atomic E-state index is -0.444. The fraction of sp³-hybridized carbons (Fsp3) is 0.316. The smallest absolute Gasteiger partial charge is 0.296 e. The second kappa shape index (κ2) is 9.31. The maximum absolute atomic E-state index is 13.1. The Kier molecular flexibility index (Phi) is 6.51. The SMILES string of the molecule is COc1cnc(Cl)c(Cl)c1-c1cc(C)ncc1C(=O)Nc1nnc(O[C@@H]2CCOC2)s1. The summed E-state index contributed by atoms with van der Waals surface area (Å²) in [6, 6.07) is 1.73. The van der Waals surface area contributed by atoms with Gasteiger partial charge >= 0.3 is 0 Å². The lowest BCUT2D eigenvalue weighted by atomic mass is 10.00. The molecule has 162 valence electrons. The van der Waals surface area contributed by atoms with E-state index in [1.54, 1.807) is 13.0 Å². The topological polar surface area (TPSA) is 108 Å². The summed E-state index contributed by atoms with van der Waals surface area (Å²) >= 11 is 13.7. The third-order valence-corrected chi connectivity index (χ3v) is 5.98. The van der Waals surface area contributed by atoms with Crippen molar-refractivity contribution >= 4 is 45.6 Å². The van der Waals surface area contributed by atoms with Gasteiger partial charge in [0.1, 0.15) is 17.0 Å². The first-order valence-corrected chi connectivity index (χ1v) is 10.8. The molecule has 4 heterocycles. The number of carbonyl (C=O) groups is 1. The number of carbonyl (C=O) groups excluding carboxylic acids is 1. The average molecular weight is 482 g/mol. The van der Waals surface area contributed by atoms with Crippen LogP contribution in [-0.2, 0) is 4.74 Å². The number of aromatic nitrogens is 4. The molecule has 0 bridgehead atoms. The largest absolute Gasteiger partial charge is 0.494 e. The van der Waals surface area contributed by atoms with Gasteiger partial charge in [-0.15, -0.1) is 5.10 Å². The molecule has 4 rings (SSSR count). The van der Waals surface area contributed by atoms with Gasteiger partial charge in [0, 0.05) is 29.4 Å². The van der Waals surface area contributed by atoms with Crippen LogP contribution in [0, 0.1) is 6.92 Å². The van der Waals surface area contributed by atoms with E-state index in [1.807, 2.05) is 0 Å². The van der Waals surface area contributed by atoms with Gasteiger partial charge in [-0.05, 0) is 24.3 Å². The Bertz CT molecular complexity index is 1120. The van der Waals surface area contributed by atoms with Crippen LogP contribution in [0.2, 0.25) is 10.2 Å². The van der Waals surface area contributed by atoms with Gasteiger partial charge in [0.15, 0.2) is 0 Å². The molecule has 0 aliphatic carbocycles. The molecule has 1 saturated heterocycles. The van der Waals surface area contributed by atoms with Crippen molar-refractivity contribution in [3.05, 3.63) is 39.9 Å². The normalized spacial score (nSPS) is 15.7. The summed E-state index contributed by atoms with van der Waals surface area (Å²) in [5, 5.41) is 11.6. The van der Waals surface area contributed by atoms with Crippen molar-refractivity contribution in [2.75, 3.05) is 25.6 Å². The third-order valence-electron chi connectivity index (χ3n) is 4.50. The Hall–Kier alpha value is -2.53. The van der Waals surface area contributed by atoms with E-state index in [2.05, 4.69) is 25.5 Å². The first-order chi connectivity index (χ1) is 15.0. The zero-order chi connectivity index (χ0) is 22.0. The Morgan fingerprint density at radius 3 is 2.87 bits per heavy atom. The van der Waals surface area contributed by atoms with Gasteiger partial charge < -0.3 is 14.2 Å². The van der Waals surface area contributed by atoms with Crippen LogP contribution < -0.4 is 14.8 Å². The van der Waals surface area contributed by atoms with Gasteiger partial charge in [-0.25, -0.2) is 4.98 Å². The fourth-order valence-corrected chi connectivity index (χ4v) is 4.07. The van der Waals surface area contributed by atoms with Crippen LogP contribution >= 0.6 is 34.5 Å². The lowest BCUT2D eigenvalue weighted by Crippen LogP contribution is -2.15. The Labute approximate surface area is 191 Å². The number of amides is 1. The van der Waals surface area contributed by atoms with Crippen molar-refractivity contribution in [1.29, 1.82) is 0 Å². The van der Waals surface area contributed by atoms with Crippen LogP contribution in [-0.4, -0.2) is 52.5 Å². The molecule has 0 saturated carbocycles. The predicted octanol–water partition coefficient (Wildman–Crippen LogP) is 4.04. The van der Waals surface area contributed by atoms with Crippen LogP contribution in [0.25, 0.3) is 11.1 Å². The molecular weight excluding hydrogens is 465 g/mol. The number of methoxy groups -OCH3 is 1. The summed E-state index contributed by atoms with van der Waals surface area (Å²) < 4.78 is 16.4. The molecular formula is C19H17Cl2N5O4S. The van der Waals surface area contributed by atoms with E-state index in [0.717, 1.165) is 17.8 Å². The molecule has 31 heavy (non-hydrogen) atoms. The highest BCUT2D eigenvalue weighted by Gasteiger charge is 2.23. The Morgan fingerprint density at radius 2 is 2.13 bits per heavy atom. The summed E-state index contributed by atoms with van der Waals surface area (Å²) in [5.74, 6) is -0.0695. The first kappa shape index (κ1) is 21.7. The molecule has 1 amide bonds. The average Bonchev–Trinajstić information content (AvgIpc) is 3.42. The summed E-state index contributed by atoms with van der Waals surface area (Å²) in [4.78, 5) is 21.3. The fourth-order valence-electron chi connectivity index (χ4n) is 3.02. The summed E-state index contributed by atoms with van der Waals surface area (Å²) in [7, 11) is 1.48. The summed E-state index contributed by atoms with van der Waals surface area (Å²) in [6.07, 6.45) is 3.63. The third kappa shape index (κ3) is 4.72. The Morgan fingerprint density at radius 1 is 1.29 bits per heavy atom. The van der Waals surface area contributed by atoms with Gasteiger partial charge in [-0.3, -0.25) is 15.1 Å².